The van der Waals surface area contributed by atoms with Crippen molar-refractivity contribution in [3.63, 3.8) is 0 Å². The third-order valence-electron chi connectivity index (χ3n) is 2.97. The van der Waals surface area contributed by atoms with Crippen molar-refractivity contribution in [3.05, 3.63) is 45.9 Å². The molecule has 1 aromatic heterocycles. The Balaban J connectivity index is 2.70. The van der Waals surface area contributed by atoms with Crippen molar-refractivity contribution in [2.24, 2.45) is 0 Å². The van der Waals surface area contributed by atoms with E-state index in [1.807, 2.05) is 20.8 Å². The van der Waals surface area contributed by atoms with Crippen LogP contribution in [0.2, 0.25) is 0 Å². The van der Waals surface area contributed by atoms with Gasteiger partial charge in [-0.25, -0.2) is 4.39 Å². The van der Waals surface area contributed by atoms with Gasteiger partial charge in [-0.2, -0.15) is 5.10 Å². The molecule has 6 nitrogen and oxygen atoms in total. The van der Waals surface area contributed by atoms with Crippen molar-refractivity contribution >= 4 is 12.0 Å². The van der Waals surface area contributed by atoms with Gasteiger partial charge in [0.2, 0.25) is 0 Å². The monoisotopic (exact) mass is 291 g/mol. The average molecular weight is 291 g/mol. The largest absolute Gasteiger partial charge is 0.298 e. The molecule has 0 fully saturated rings. The van der Waals surface area contributed by atoms with Gasteiger partial charge in [0.15, 0.2) is 6.29 Å². The maximum absolute atomic E-state index is 13.2. The summed E-state index contributed by atoms with van der Waals surface area (Å²) in [6, 6.07) is 3.18. The number of aromatic nitrogens is 2. The molecule has 110 valence electrons. The van der Waals surface area contributed by atoms with E-state index < -0.39 is 16.4 Å². The lowest BCUT2D eigenvalue weighted by Crippen LogP contribution is -2.22. The van der Waals surface area contributed by atoms with Crippen LogP contribution in [0.3, 0.4) is 0 Å². The summed E-state index contributed by atoms with van der Waals surface area (Å²) in [6.07, 6.45) is 2.10. The summed E-state index contributed by atoms with van der Waals surface area (Å²) >= 11 is 0. The average Bonchev–Trinajstić information content (AvgIpc) is 2.82. The number of nitro groups is 1. The van der Waals surface area contributed by atoms with E-state index in [1.165, 1.54) is 12.3 Å². The lowest BCUT2D eigenvalue weighted by atomic mass is 10.1. The third kappa shape index (κ3) is 2.81. The van der Waals surface area contributed by atoms with Gasteiger partial charge < -0.3 is 0 Å². The summed E-state index contributed by atoms with van der Waals surface area (Å²) in [5, 5.41) is 15.3. The zero-order chi connectivity index (χ0) is 15.8. The zero-order valence-corrected chi connectivity index (χ0v) is 11.8. The van der Waals surface area contributed by atoms with Crippen LogP contribution in [0.1, 0.15) is 31.1 Å². The number of rotatable bonds is 3. The van der Waals surface area contributed by atoms with Gasteiger partial charge in [-0.15, -0.1) is 0 Å². The molecule has 21 heavy (non-hydrogen) atoms. The van der Waals surface area contributed by atoms with Gasteiger partial charge in [0.25, 0.3) is 5.69 Å². The molecule has 0 aliphatic rings. The Morgan fingerprint density at radius 1 is 1.38 bits per heavy atom. The highest BCUT2D eigenvalue weighted by atomic mass is 19.1. The fourth-order valence-electron chi connectivity index (χ4n) is 1.88. The first-order valence-electron chi connectivity index (χ1n) is 6.23. The maximum atomic E-state index is 13.2. The van der Waals surface area contributed by atoms with Crippen LogP contribution in [-0.4, -0.2) is 21.0 Å². The Labute approximate surface area is 120 Å². The SMILES string of the molecule is CC(C)(C)n1cc(C=O)c(-c2ccc(F)cc2[N+](=O)[O-])n1. The van der Waals surface area contributed by atoms with Gasteiger partial charge >= 0.3 is 0 Å². The summed E-state index contributed by atoms with van der Waals surface area (Å²) in [5.41, 5.74) is -0.291. The molecule has 0 aliphatic carbocycles. The lowest BCUT2D eigenvalue weighted by molar-refractivity contribution is -0.384. The van der Waals surface area contributed by atoms with Crippen molar-refractivity contribution in [2.75, 3.05) is 0 Å². The highest BCUT2D eigenvalue weighted by Gasteiger charge is 2.24. The molecule has 0 saturated heterocycles. The molecule has 0 radical (unpaired) electrons. The van der Waals surface area contributed by atoms with Crippen LogP contribution in [0.5, 0.6) is 0 Å². The van der Waals surface area contributed by atoms with Gasteiger partial charge in [-0.05, 0) is 32.9 Å². The van der Waals surface area contributed by atoms with Crippen molar-refractivity contribution in [1.82, 2.24) is 9.78 Å². The highest BCUT2D eigenvalue weighted by Crippen LogP contribution is 2.32. The number of nitrogens with zero attached hydrogens (tertiary/aromatic N) is 3. The van der Waals surface area contributed by atoms with E-state index in [1.54, 1.807) is 4.68 Å². The van der Waals surface area contributed by atoms with Gasteiger partial charge in [0.05, 0.1) is 27.7 Å². The molecule has 0 amide bonds. The normalized spacial score (nSPS) is 11.4. The number of carbonyl (C=O) groups excluding carboxylic acids is 1. The predicted octanol–water partition coefficient (Wildman–Crippen LogP) is 3.16. The van der Waals surface area contributed by atoms with Crippen LogP contribution in [-0.2, 0) is 5.54 Å². The van der Waals surface area contributed by atoms with E-state index >= 15 is 0 Å². The molecule has 0 saturated carbocycles. The number of benzene rings is 1. The second kappa shape index (κ2) is 5.08. The van der Waals surface area contributed by atoms with Crippen LogP contribution in [0, 0.1) is 15.9 Å². The summed E-state index contributed by atoms with van der Waals surface area (Å²) in [6.45, 7) is 5.66. The van der Waals surface area contributed by atoms with Gasteiger partial charge in [0.1, 0.15) is 11.5 Å². The smallest absolute Gasteiger partial charge is 0.281 e. The first-order chi connectivity index (χ1) is 9.74. The fraction of sp³-hybridized carbons (Fsp3) is 0.286. The topological polar surface area (TPSA) is 78.0 Å². The predicted molar refractivity (Wildman–Crippen MR) is 74.7 cm³/mol. The molecule has 0 spiro atoms. The van der Waals surface area contributed by atoms with Crippen molar-refractivity contribution in [1.29, 1.82) is 0 Å². The maximum Gasteiger partial charge on any atom is 0.281 e. The van der Waals surface area contributed by atoms with Gasteiger partial charge in [-0.1, -0.05) is 0 Å². The standard InChI is InChI=1S/C14H14FN3O3/c1-14(2,3)17-7-9(8-19)13(16-17)11-5-4-10(15)6-12(11)18(20)21/h4-8H,1-3H3. The van der Waals surface area contributed by atoms with Crippen molar-refractivity contribution in [3.8, 4) is 11.3 Å². The molecule has 2 rings (SSSR count). The second-order valence-electron chi connectivity index (χ2n) is 5.58. The van der Waals surface area contributed by atoms with E-state index in [9.17, 15) is 19.3 Å². The number of nitro benzene ring substituents is 1. The Morgan fingerprint density at radius 3 is 2.57 bits per heavy atom. The number of carbonyl (C=O) groups is 1. The van der Waals surface area contributed by atoms with E-state index in [0.29, 0.717) is 6.29 Å². The molecule has 0 aliphatic heterocycles. The lowest BCUT2D eigenvalue weighted by Gasteiger charge is -2.18. The first kappa shape index (κ1) is 14.8. The molecule has 0 bridgehead atoms. The minimum atomic E-state index is -0.714. The zero-order valence-electron chi connectivity index (χ0n) is 11.8. The number of hydrogen-bond acceptors (Lipinski definition) is 4. The minimum absolute atomic E-state index is 0.117. The van der Waals surface area contributed by atoms with Crippen molar-refractivity contribution < 1.29 is 14.1 Å². The molecular formula is C14H14FN3O3. The molecule has 0 atom stereocenters. The van der Waals surface area contributed by atoms with Crippen molar-refractivity contribution in [2.45, 2.75) is 26.3 Å². The van der Waals surface area contributed by atoms with Crippen LogP contribution in [0.4, 0.5) is 10.1 Å². The summed E-state index contributed by atoms with van der Waals surface area (Å²) in [7, 11) is 0. The Bertz CT molecular complexity index is 717. The Morgan fingerprint density at radius 2 is 2.05 bits per heavy atom. The van der Waals surface area contributed by atoms with E-state index in [4.69, 9.17) is 0 Å². The van der Waals surface area contributed by atoms with E-state index in [-0.39, 0.29) is 22.4 Å². The number of halogens is 1. The molecule has 2 aromatic rings. The van der Waals surface area contributed by atoms with Gasteiger partial charge in [-0.3, -0.25) is 19.6 Å². The molecule has 0 N–H and O–H groups in total. The van der Waals surface area contributed by atoms with Crippen LogP contribution >= 0.6 is 0 Å². The van der Waals surface area contributed by atoms with Gasteiger partial charge in [0, 0.05) is 6.20 Å². The van der Waals surface area contributed by atoms with E-state index in [2.05, 4.69) is 5.10 Å². The minimum Gasteiger partial charge on any atom is -0.298 e. The number of hydrogen-bond donors (Lipinski definition) is 0. The summed E-state index contributed by atoms with van der Waals surface area (Å²) < 4.78 is 14.8. The molecule has 1 heterocycles. The Kier molecular flexibility index (Phi) is 3.59. The molecule has 7 heteroatoms. The first-order valence-corrected chi connectivity index (χ1v) is 6.23. The fourth-order valence-corrected chi connectivity index (χ4v) is 1.88. The Hall–Kier alpha value is -2.57. The molecule has 1 aromatic carbocycles. The second-order valence-corrected chi connectivity index (χ2v) is 5.58. The highest BCUT2D eigenvalue weighted by molar-refractivity contribution is 5.88. The van der Waals surface area contributed by atoms with Crippen LogP contribution in [0.25, 0.3) is 11.3 Å². The number of aldehydes is 1. The third-order valence-corrected chi connectivity index (χ3v) is 2.97. The van der Waals surface area contributed by atoms with E-state index in [0.717, 1.165) is 12.1 Å². The molecule has 0 unspecified atom stereocenters. The van der Waals surface area contributed by atoms with Crippen LogP contribution in [0.15, 0.2) is 24.4 Å². The quantitative estimate of drug-likeness (QED) is 0.494. The summed E-state index contributed by atoms with van der Waals surface area (Å²) in [5.74, 6) is -0.714. The van der Waals surface area contributed by atoms with Crippen LogP contribution < -0.4 is 0 Å². The molecular weight excluding hydrogens is 277 g/mol. The summed E-state index contributed by atoms with van der Waals surface area (Å²) in [4.78, 5) is 21.6.